The van der Waals surface area contributed by atoms with Gasteiger partial charge in [0.25, 0.3) is 0 Å². The number of nitrogens with zero attached hydrogens (tertiary/aromatic N) is 1. The molecule has 0 aliphatic heterocycles. The second kappa shape index (κ2) is 6.18. The zero-order valence-corrected chi connectivity index (χ0v) is 10.1. The fraction of sp³-hybridized carbons (Fsp3) is 0. The fourth-order valence-corrected chi connectivity index (χ4v) is 1.48. The van der Waals surface area contributed by atoms with Crippen molar-refractivity contribution in [1.82, 2.24) is 0 Å². The normalized spacial score (nSPS) is 10.1. The number of nitriles is 1. The first kappa shape index (κ1) is 12.6. The highest BCUT2D eigenvalue weighted by atomic mass is 16.5. The average Bonchev–Trinajstić information content (AvgIpc) is 2.47. The summed E-state index contributed by atoms with van der Waals surface area (Å²) in [7, 11) is 0. The minimum atomic E-state index is -0.450. The van der Waals surface area contributed by atoms with Crippen LogP contribution in [0.25, 0.3) is 6.08 Å². The molecule has 0 heterocycles. The highest BCUT2D eigenvalue weighted by molar-refractivity contribution is 5.88. The van der Waals surface area contributed by atoms with Crippen LogP contribution in [0, 0.1) is 11.3 Å². The standard InChI is InChI=1S/C16H11NO2/c17-12-14-6-9-15(10-7-14)19-16(18)11-8-13-4-2-1-3-5-13/h1-11H/b11-8+. The van der Waals surface area contributed by atoms with E-state index in [1.54, 1.807) is 30.3 Å². The molecule has 0 bridgehead atoms. The molecule has 0 aliphatic carbocycles. The highest BCUT2D eigenvalue weighted by Gasteiger charge is 2.00. The van der Waals surface area contributed by atoms with E-state index in [4.69, 9.17) is 10.00 Å². The second-order valence-electron chi connectivity index (χ2n) is 3.80. The number of hydrogen-bond acceptors (Lipinski definition) is 3. The van der Waals surface area contributed by atoms with Gasteiger partial charge in [-0.15, -0.1) is 0 Å². The largest absolute Gasteiger partial charge is 0.423 e. The molecular formula is C16H11NO2. The number of benzene rings is 2. The molecule has 2 aromatic carbocycles. The Morgan fingerprint density at radius 1 is 1.05 bits per heavy atom. The van der Waals surface area contributed by atoms with Gasteiger partial charge in [0.2, 0.25) is 0 Å². The topological polar surface area (TPSA) is 50.1 Å². The van der Waals surface area contributed by atoms with E-state index in [1.165, 1.54) is 6.08 Å². The maximum atomic E-state index is 11.6. The molecule has 0 unspecified atom stereocenters. The lowest BCUT2D eigenvalue weighted by molar-refractivity contribution is -0.128. The van der Waals surface area contributed by atoms with E-state index < -0.39 is 5.97 Å². The van der Waals surface area contributed by atoms with Crippen LogP contribution in [0.2, 0.25) is 0 Å². The van der Waals surface area contributed by atoms with E-state index in [9.17, 15) is 4.79 Å². The van der Waals surface area contributed by atoms with Crippen molar-refractivity contribution < 1.29 is 9.53 Å². The van der Waals surface area contributed by atoms with Gasteiger partial charge >= 0.3 is 5.97 Å². The Hall–Kier alpha value is -2.86. The Kier molecular flexibility index (Phi) is 4.09. The number of hydrogen-bond donors (Lipinski definition) is 0. The molecule has 0 aliphatic rings. The lowest BCUT2D eigenvalue weighted by atomic mass is 10.2. The maximum Gasteiger partial charge on any atom is 0.336 e. The molecule has 0 N–H and O–H groups in total. The minimum absolute atomic E-state index is 0.418. The Labute approximate surface area is 111 Å². The lowest BCUT2D eigenvalue weighted by Crippen LogP contribution is -2.03. The summed E-state index contributed by atoms with van der Waals surface area (Å²) in [5.74, 6) is -0.0322. The summed E-state index contributed by atoms with van der Waals surface area (Å²) in [5, 5.41) is 8.65. The summed E-state index contributed by atoms with van der Waals surface area (Å²) >= 11 is 0. The quantitative estimate of drug-likeness (QED) is 0.477. The summed E-state index contributed by atoms with van der Waals surface area (Å²) < 4.78 is 5.10. The molecule has 19 heavy (non-hydrogen) atoms. The fourth-order valence-electron chi connectivity index (χ4n) is 1.48. The van der Waals surface area contributed by atoms with E-state index >= 15 is 0 Å². The van der Waals surface area contributed by atoms with Gasteiger partial charge in [-0.3, -0.25) is 0 Å². The summed E-state index contributed by atoms with van der Waals surface area (Å²) in [5.41, 5.74) is 1.46. The Bertz CT molecular complexity index is 622. The van der Waals surface area contributed by atoms with Gasteiger partial charge in [0.05, 0.1) is 11.6 Å². The van der Waals surface area contributed by atoms with Crippen LogP contribution in [0.1, 0.15) is 11.1 Å². The van der Waals surface area contributed by atoms with E-state index in [1.807, 2.05) is 36.4 Å². The number of carbonyl (C=O) groups is 1. The smallest absolute Gasteiger partial charge is 0.336 e. The molecule has 2 aromatic rings. The van der Waals surface area contributed by atoms with Crippen molar-refractivity contribution in [3.05, 3.63) is 71.8 Å². The zero-order valence-electron chi connectivity index (χ0n) is 10.1. The predicted molar refractivity (Wildman–Crippen MR) is 72.3 cm³/mol. The molecule has 0 radical (unpaired) electrons. The van der Waals surface area contributed by atoms with Gasteiger partial charge < -0.3 is 4.74 Å². The van der Waals surface area contributed by atoms with Crippen molar-refractivity contribution >= 4 is 12.0 Å². The maximum absolute atomic E-state index is 11.6. The third-order valence-electron chi connectivity index (χ3n) is 2.41. The van der Waals surface area contributed by atoms with E-state index in [-0.39, 0.29) is 0 Å². The van der Waals surface area contributed by atoms with Gasteiger partial charge in [-0.2, -0.15) is 5.26 Å². The molecule has 0 saturated heterocycles. The Morgan fingerprint density at radius 2 is 1.74 bits per heavy atom. The van der Waals surface area contributed by atoms with Gasteiger partial charge in [0.15, 0.2) is 0 Å². The zero-order chi connectivity index (χ0) is 13.5. The molecule has 0 saturated carbocycles. The van der Waals surface area contributed by atoms with Crippen LogP contribution >= 0.6 is 0 Å². The van der Waals surface area contributed by atoms with Crippen LogP contribution in [0.3, 0.4) is 0 Å². The molecule has 0 amide bonds. The van der Waals surface area contributed by atoms with Crippen LogP contribution in [-0.2, 0) is 4.79 Å². The monoisotopic (exact) mass is 249 g/mol. The van der Waals surface area contributed by atoms with Crippen molar-refractivity contribution in [2.45, 2.75) is 0 Å². The molecule has 3 heteroatoms. The minimum Gasteiger partial charge on any atom is -0.423 e. The first-order chi connectivity index (χ1) is 9.28. The Morgan fingerprint density at radius 3 is 2.37 bits per heavy atom. The number of esters is 1. The van der Waals surface area contributed by atoms with Crippen LogP contribution < -0.4 is 4.74 Å². The van der Waals surface area contributed by atoms with Crippen LogP contribution in [0.4, 0.5) is 0 Å². The summed E-state index contributed by atoms with van der Waals surface area (Å²) in [4.78, 5) is 11.6. The summed E-state index contributed by atoms with van der Waals surface area (Å²) in [6, 6.07) is 17.9. The van der Waals surface area contributed by atoms with Gasteiger partial charge in [-0.05, 0) is 35.9 Å². The molecular weight excluding hydrogens is 238 g/mol. The third-order valence-corrected chi connectivity index (χ3v) is 2.41. The van der Waals surface area contributed by atoms with E-state index in [0.717, 1.165) is 5.56 Å². The van der Waals surface area contributed by atoms with Crippen LogP contribution in [0.5, 0.6) is 5.75 Å². The first-order valence-electron chi connectivity index (χ1n) is 5.73. The SMILES string of the molecule is N#Cc1ccc(OC(=O)/C=C/c2ccccc2)cc1. The first-order valence-corrected chi connectivity index (χ1v) is 5.73. The van der Waals surface area contributed by atoms with Gasteiger partial charge in [-0.25, -0.2) is 4.79 Å². The lowest BCUT2D eigenvalue weighted by Gasteiger charge is -2.00. The van der Waals surface area contributed by atoms with Crippen molar-refractivity contribution in [2.75, 3.05) is 0 Å². The highest BCUT2D eigenvalue weighted by Crippen LogP contribution is 2.12. The summed E-state index contributed by atoms with van der Waals surface area (Å²) in [6.45, 7) is 0. The molecule has 0 fully saturated rings. The van der Waals surface area contributed by atoms with Crippen molar-refractivity contribution in [2.24, 2.45) is 0 Å². The molecule has 0 atom stereocenters. The average molecular weight is 249 g/mol. The number of ether oxygens (including phenoxy) is 1. The predicted octanol–water partition coefficient (Wildman–Crippen LogP) is 3.18. The van der Waals surface area contributed by atoms with Gasteiger partial charge in [-0.1, -0.05) is 30.3 Å². The molecule has 92 valence electrons. The van der Waals surface area contributed by atoms with Crippen LogP contribution in [-0.4, -0.2) is 5.97 Å². The molecule has 2 rings (SSSR count). The Balaban J connectivity index is 1.98. The van der Waals surface area contributed by atoms with Gasteiger partial charge in [0.1, 0.15) is 5.75 Å². The number of carbonyl (C=O) groups excluding carboxylic acids is 1. The van der Waals surface area contributed by atoms with Crippen molar-refractivity contribution in [1.29, 1.82) is 5.26 Å². The molecule has 0 aromatic heterocycles. The van der Waals surface area contributed by atoms with Gasteiger partial charge in [0, 0.05) is 6.08 Å². The molecule has 0 spiro atoms. The van der Waals surface area contributed by atoms with Crippen molar-refractivity contribution in [3.63, 3.8) is 0 Å². The second-order valence-corrected chi connectivity index (χ2v) is 3.80. The summed E-state index contributed by atoms with van der Waals surface area (Å²) in [6.07, 6.45) is 3.06. The van der Waals surface area contributed by atoms with E-state index in [0.29, 0.717) is 11.3 Å². The third kappa shape index (κ3) is 3.83. The molecule has 3 nitrogen and oxygen atoms in total. The van der Waals surface area contributed by atoms with Crippen molar-refractivity contribution in [3.8, 4) is 11.8 Å². The van der Waals surface area contributed by atoms with Crippen LogP contribution in [0.15, 0.2) is 60.7 Å². The number of rotatable bonds is 3. The van der Waals surface area contributed by atoms with E-state index in [2.05, 4.69) is 0 Å².